The van der Waals surface area contributed by atoms with Crippen molar-refractivity contribution in [3.63, 3.8) is 0 Å². The molecule has 0 saturated carbocycles. The molecular weight excluding hydrogens is 346 g/mol. The van der Waals surface area contributed by atoms with Crippen molar-refractivity contribution in [3.05, 3.63) is 70.9 Å². The van der Waals surface area contributed by atoms with Gasteiger partial charge in [-0.3, -0.25) is 10.1 Å². The third-order valence-corrected chi connectivity index (χ3v) is 6.71. The molecule has 28 heavy (non-hydrogen) atoms. The molecular formula is C24H23N3O. The van der Waals surface area contributed by atoms with Gasteiger partial charge in [0.15, 0.2) is 5.54 Å². The Labute approximate surface area is 164 Å². The minimum Gasteiger partial charge on any atom is -0.356 e. The molecule has 3 aromatic rings. The van der Waals surface area contributed by atoms with Gasteiger partial charge < -0.3 is 9.88 Å². The molecule has 1 aromatic heterocycles. The van der Waals surface area contributed by atoms with Crippen LogP contribution in [0, 0.1) is 0 Å². The second-order valence-corrected chi connectivity index (χ2v) is 8.77. The number of para-hydroxylation sites is 2. The zero-order valence-corrected chi connectivity index (χ0v) is 16.4. The van der Waals surface area contributed by atoms with Crippen molar-refractivity contribution < 1.29 is 4.79 Å². The van der Waals surface area contributed by atoms with Crippen LogP contribution >= 0.6 is 0 Å². The summed E-state index contributed by atoms with van der Waals surface area (Å²) in [5.74, 6) is 0.121. The molecule has 4 heteroatoms. The number of H-pyrrole nitrogens is 1. The highest BCUT2D eigenvalue weighted by molar-refractivity contribution is 6.15. The Morgan fingerprint density at radius 2 is 1.89 bits per heavy atom. The Kier molecular flexibility index (Phi) is 2.85. The number of fused-ring (bicyclic) bond motifs is 5. The van der Waals surface area contributed by atoms with Crippen LogP contribution in [0.15, 0.2) is 48.5 Å². The monoisotopic (exact) mass is 369 g/mol. The average Bonchev–Trinajstić information content (AvgIpc) is 3.17. The topological polar surface area (TPSA) is 48.1 Å². The lowest BCUT2D eigenvalue weighted by molar-refractivity contribution is -0.123. The van der Waals surface area contributed by atoms with E-state index in [0.717, 1.165) is 41.0 Å². The fourth-order valence-electron chi connectivity index (χ4n) is 5.67. The van der Waals surface area contributed by atoms with Gasteiger partial charge in [-0.25, -0.2) is 0 Å². The normalized spacial score (nSPS) is 24.5. The van der Waals surface area contributed by atoms with Gasteiger partial charge in [-0.1, -0.05) is 42.5 Å². The highest BCUT2D eigenvalue weighted by Gasteiger charge is 2.59. The van der Waals surface area contributed by atoms with Crippen molar-refractivity contribution >= 4 is 28.1 Å². The fraction of sp³-hybridized carbons (Fsp3) is 0.292. The Balaban J connectivity index is 1.72. The van der Waals surface area contributed by atoms with Crippen LogP contribution in [0.1, 0.15) is 43.2 Å². The van der Waals surface area contributed by atoms with Gasteiger partial charge in [-0.05, 0) is 44.4 Å². The molecule has 0 radical (unpaired) electrons. The first-order chi connectivity index (χ1) is 13.4. The lowest BCUT2D eigenvalue weighted by atomic mass is 9.81. The molecule has 0 saturated heterocycles. The molecule has 1 amide bonds. The van der Waals surface area contributed by atoms with Crippen LogP contribution in [0.5, 0.6) is 0 Å². The molecule has 0 unspecified atom stereocenters. The van der Waals surface area contributed by atoms with E-state index in [1.807, 2.05) is 11.0 Å². The largest absolute Gasteiger partial charge is 0.356 e. The van der Waals surface area contributed by atoms with E-state index in [4.69, 9.17) is 0 Å². The molecule has 1 atom stereocenters. The maximum atomic E-state index is 14.1. The fourth-order valence-corrected chi connectivity index (χ4v) is 5.67. The molecule has 140 valence electrons. The molecule has 0 bridgehead atoms. The standard InChI is InChI=1S/C24H23N3O/c1-14-13-23(2,3)27-20-15(14)8-6-9-18(20)24(22(27)28)21-17(11-12-25-24)16-7-4-5-10-19(16)26-21/h4-10,13,25-26H,11-12H2,1-3H3/t24-/m1/s1. The summed E-state index contributed by atoms with van der Waals surface area (Å²) >= 11 is 0. The smallest absolute Gasteiger partial charge is 0.258 e. The van der Waals surface area contributed by atoms with E-state index in [0.29, 0.717) is 0 Å². The number of amides is 1. The number of hydrogen-bond acceptors (Lipinski definition) is 2. The summed E-state index contributed by atoms with van der Waals surface area (Å²) in [4.78, 5) is 19.8. The van der Waals surface area contributed by atoms with Crippen LogP contribution in [0.25, 0.3) is 16.5 Å². The van der Waals surface area contributed by atoms with Gasteiger partial charge in [0.05, 0.1) is 16.9 Å². The first kappa shape index (κ1) is 16.1. The maximum absolute atomic E-state index is 14.1. The van der Waals surface area contributed by atoms with E-state index in [2.05, 4.69) is 73.5 Å². The van der Waals surface area contributed by atoms with Crippen LogP contribution in [-0.4, -0.2) is 23.0 Å². The van der Waals surface area contributed by atoms with Gasteiger partial charge in [0, 0.05) is 28.6 Å². The van der Waals surface area contributed by atoms with Crippen LogP contribution in [0.4, 0.5) is 5.69 Å². The Morgan fingerprint density at radius 1 is 1.07 bits per heavy atom. The van der Waals surface area contributed by atoms with E-state index in [1.54, 1.807) is 0 Å². The van der Waals surface area contributed by atoms with E-state index in [9.17, 15) is 4.79 Å². The number of nitrogens with zero attached hydrogens (tertiary/aromatic N) is 1. The van der Waals surface area contributed by atoms with Crippen LogP contribution in [-0.2, 0) is 16.8 Å². The van der Waals surface area contributed by atoms with Crippen molar-refractivity contribution in [1.29, 1.82) is 0 Å². The van der Waals surface area contributed by atoms with E-state index >= 15 is 0 Å². The first-order valence-electron chi connectivity index (χ1n) is 9.98. The summed E-state index contributed by atoms with van der Waals surface area (Å²) < 4.78 is 0. The number of rotatable bonds is 0. The van der Waals surface area contributed by atoms with Crippen molar-refractivity contribution in [2.24, 2.45) is 0 Å². The molecule has 1 spiro atoms. The van der Waals surface area contributed by atoms with E-state index in [1.165, 1.54) is 16.5 Å². The highest BCUT2D eigenvalue weighted by atomic mass is 16.2. The second kappa shape index (κ2) is 4.95. The van der Waals surface area contributed by atoms with Crippen LogP contribution in [0.3, 0.4) is 0 Å². The number of nitrogens with one attached hydrogen (secondary N) is 2. The molecule has 4 heterocycles. The molecule has 3 aliphatic heterocycles. The quantitative estimate of drug-likeness (QED) is 0.627. The summed E-state index contributed by atoms with van der Waals surface area (Å²) in [6.45, 7) is 7.18. The summed E-state index contributed by atoms with van der Waals surface area (Å²) in [6.07, 6.45) is 3.13. The van der Waals surface area contributed by atoms with Gasteiger partial charge in [0.1, 0.15) is 0 Å². The van der Waals surface area contributed by atoms with Gasteiger partial charge >= 0.3 is 0 Å². The van der Waals surface area contributed by atoms with Crippen LogP contribution in [0.2, 0.25) is 0 Å². The van der Waals surface area contributed by atoms with Crippen molar-refractivity contribution in [3.8, 4) is 0 Å². The number of anilines is 1. The summed E-state index contributed by atoms with van der Waals surface area (Å²) in [7, 11) is 0. The van der Waals surface area contributed by atoms with Crippen LogP contribution < -0.4 is 10.2 Å². The van der Waals surface area contributed by atoms with E-state index < -0.39 is 5.54 Å². The maximum Gasteiger partial charge on any atom is 0.258 e. The number of carbonyl (C=O) groups is 1. The van der Waals surface area contributed by atoms with Crippen molar-refractivity contribution in [2.75, 3.05) is 11.4 Å². The SMILES string of the molecule is CC1=CC(C)(C)N2C(=O)[C@@]3(NCCc4c3[nH]c3ccccc43)c3cccc1c32. The summed E-state index contributed by atoms with van der Waals surface area (Å²) in [6, 6.07) is 14.7. The van der Waals surface area contributed by atoms with Crippen molar-refractivity contribution in [2.45, 2.75) is 38.3 Å². The summed E-state index contributed by atoms with van der Waals surface area (Å²) in [5, 5.41) is 4.87. The van der Waals surface area contributed by atoms with Gasteiger partial charge in [0.25, 0.3) is 5.91 Å². The lowest BCUT2D eigenvalue weighted by Gasteiger charge is -2.40. The molecule has 2 N–H and O–H groups in total. The Bertz CT molecular complexity index is 1220. The third kappa shape index (κ3) is 1.68. The number of hydrogen-bond donors (Lipinski definition) is 2. The van der Waals surface area contributed by atoms with Gasteiger partial charge in [0.2, 0.25) is 0 Å². The van der Waals surface area contributed by atoms with Gasteiger partial charge in [-0.2, -0.15) is 0 Å². The lowest BCUT2D eigenvalue weighted by Crippen LogP contribution is -2.58. The summed E-state index contributed by atoms with van der Waals surface area (Å²) in [5.41, 5.74) is 6.71. The molecule has 2 aromatic carbocycles. The zero-order valence-electron chi connectivity index (χ0n) is 16.4. The first-order valence-corrected chi connectivity index (χ1v) is 9.98. The number of benzene rings is 2. The molecule has 4 nitrogen and oxygen atoms in total. The number of aromatic amines is 1. The predicted octanol–water partition coefficient (Wildman–Crippen LogP) is 4.10. The second-order valence-electron chi connectivity index (χ2n) is 8.77. The molecule has 6 rings (SSSR count). The highest BCUT2D eigenvalue weighted by Crippen LogP contribution is 2.54. The molecule has 3 aliphatic rings. The molecule has 0 fully saturated rings. The minimum atomic E-state index is -0.840. The number of aromatic nitrogens is 1. The molecule has 0 aliphatic carbocycles. The third-order valence-electron chi connectivity index (χ3n) is 6.71. The minimum absolute atomic E-state index is 0.121. The zero-order chi connectivity index (χ0) is 19.3. The number of carbonyl (C=O) groups excluding carboxylic acids is 1. The van der Waals surface area contributed by atoms with E-state index in [-0.39, 0.29) is 11.4 Å². The Hall–Kier alpha value is -2.85. The van der Waals surface area contributed by atoms with Crippen molar-refractivity contribution in [1.82, 2.24) is 10.3 Å². The Morgan fingerprint density at radius 3 is 2.75 bits per heavy atom. The number of allylic oxidation sites excluding steroid dienone is 1. The van der Waals surface area contributed by atoms with Gasteiger partial charge in [-0.15, -0.1) is 0 Å². The predicted molar refractivity (Wildman–Crippen MR) is 112 cm³/mol. The average molecular weight is 369 g/mol.